The molecule has 0 unspecified atom stereocenters. The van der Waals surface area contributed by atoms with Gasteiger partial charge in [0.15, 0.2) is 0 Å². The van der Waals surface area contributed by atoms with Crippen LogP contribution in [0.2, 0.25) is 0 Å². The van der Waals surface area contributed by atoms with E-state index in [4.69, 9.17) is 15.0 Å². The zero-order valence-corrected chi connectivity index (χ0v) is 8.75. The van der Waals surface area contributed by atoms with Crippen molar-refractivity contribution in [1.82, 2.24) is 0 Å². The molecule has 11 heavy (non-hydrogen) atoms. The smallest absolute Gasteiger partial charge is 0.797 e. The van der Waals surface area contributed by atoms with Crippen molar-refractivity contribution in [3.8, 4) is 0 Å². The molecule has 3 heterocycles. The van der Waals surface area contributed by atoms with E-state index in [1.807, 2.05) is 0 Å². The predicted molar refractivity (Wildman–Crippen MR) is 28.5 cm³/mol. The van der Waals surface area contributed by atoms with Crippen LogP contribution in [0.15, 0.2) is 0 Å². The summed E-state index contributed by atoms with van der Waals surface area (Å²) in [5.74, 6) is 0. The molecule has 0 aliphatic carbocycles. The van der Waals surface area contributed by atoms with Crippen LogP contribution < -0.4 is 9.90 Å². The van der Waals surface area contributed by atoms with Gasteiger partial charge in [-0.2, -0.15) is 0 Å². The Hall–Kier alpha value is 0.626. The maximum Gasteiger partial charge on any atom is 2.00 e. The second kappa shape index (κ2) is 4.03. The van der Waals surface area contributed by atoms with Crippen molar-refractivity contribution in [3.05, 3.63) is 0 Å². The Bertz CT molecular complexity index is 142. The average molecular weight is 204 g/mol. The van der Waals surface area contributed by atoms with Crippen molar-refractivity contribution < 1.29 is 30.2 Å². The van der Waals surface area contributed by atoms with E-state index in [1.54, 1.807) is 0 Å². The molecule has 3 fully saturated rings. The van der Waals surface area contributed by atoms with Crippen molar-refractivity contribution in [2.45, 2.75) is 0 Å². The third-order valence-electron chi connectivity index (χ3n) is 0.722. The van der Waals surface area contributed by atoms with Gasteiger partial charge in [0.1, 0.15) is 0 Å². The number of rotatable bonds is 0. The van der Waals surface area contributed by atoms with E-state index in [2.05, 4.69) is 10.4 Å². The van der Waals surface area contributed by atoms with E-state index in [0.717, 1.165) is 0 Å². The summed E-state index contributed by atoms with van der Waals surface area (Å²) >= 11 is -1.64. The molecule has 0 aromatic carbocycles. The summed E-state index contributed by atoms with van der Waals surface area (Å²) < 4.78 is 13.5. The van der Waals surface area contributed by atoms with Gasteiger partial charge in [-0.05, 0) is 0 Å². The van der Waals surface area contributed by atoms with Crippen LogP contribution in [-0.2, 0) is 10.4 Å². The van der Waals surface area contributed by atoms with Crippen LogP contribution in [0.1, 0.15) is 0 Å². The van der Waals surface area contributed by atoms with Crippen LogP contribution in [-0.4, -0.2) is 58.5 Å². The summed E-state index contributed by atoms with van der Waals surface area (Å²) in [5, 5.41) is 15.3. The number of hydrogen-bond acceptors (Lipinski definition) is 6. The van der Waals surface area contributed by atoms with Gasteiger partial charge in [0.25, 0.3) is 0 Å². The molecule has 3 aliphatic heterocycles. The molecule has 10 heteroatoms. The van der Waals surface area contributed by atoms with Gasteiger partial charge in [-0.25, -0.2) is 0 Å². The van der Waals surface area contributed by atoms with Gasteiger partial charge in [0.2, 0.25) is 6.16 Å². The van der Waals surface area contributed by atoms with E-state index in [1.165, 1.54) is 0 Å². The summed E-state index contributed by atoms with van der Waals surface area (Å²) in [6.45, 7) is 0. The first kappa shape index (κ1) is 11.6. The summed E-state index contributed by atoms with van der Waals surface area (Å²) in [6, 6.07) is 0. The van der Waals surface area contributed by atoms with E-state index in [-0.39, 0.29) is 23.1 Å². The molecule has 0 saturated carbocycles. The first-order valence-electron chi connectivity index (χ1n) is 2.16. The average Bonchev–Trinajstić information content (AvgIpc) is 1.56. The Balaban J connectivity index is 0.000000183. The minimum atomic E-state index is -3.00. The molecule has 1 N–H and O–H groups in total. The summed E-state index contributed by atoms with van der Waals surface area (Å²) in [5.41, 5.74) is 0. The Labute approximate surface area is 83.5 Å². The van der Waals surface area contributed by atoms with Crippen molar-refractivity contribution >= 4 is 53.4 Å². The molecule has 0 aromatic rings. The topological polar surface area (TPSA) is 111 Å². The Kier molecular flexibility index (Phi) is 4.26. The molecule has 2 bridgehead atoms. The van der Waals surface area contributed by atoms with Gasteiger partial charge in [-0.3, -0.25) is 0 Å². The van der Waals surface area contributed by atoms with Crippen molar-refractivity contribution in [2.24, 2.45) is 0 Å². The molecule has 0 radical (unpaired) electrons. The molecule has 3 aliphatic rings. The normalized spacial score (nSPS) is 21.0. The second-order valence-corrected chi connectivity index (χ2v) is 5.81. The second-order valence-electron chi connectivity index (χ2n) is 1.41. The Morgan fingerprint density at radius 3 is 1.64 bits per heavy atom. The standard InChI is InChI=1S/CH2O3.Al.Mg.O4Si/c2-1(3)4;;;1-5(2,3)4/h(H2,2,3,4);;;/q;+3;+2;-4/p-1. The third kappa shape index (κ3) is 3.24. The van der Waals surface area contributed by atoms with Crippen molar-refractivity contribution in [3.63, 3.8) is 0 Å². The van der Waals surface area contributed by atoms with Crippen LogP contribution >= 0.6 is 0 Å². The molecule has 7 nitrogen and oxygen atoms in total. The molecule has 0 amide bonds. The van der Waals surface area contributed by atoms with Crippen LogP contribution in [0, 0.1) is 0 Å². The number of carboxylic acid groups (broad SMARTS) is 2. The fourth-order valence-corrected chi connectivity index (χ4v) is 3.42. The summed E-state index contributed by atoms with van der Waals surface area (Å²) in [7, 11) is -3.00. The zero-order valence-electron chi connectivity index (χ0n) is 5.18. The monoisotopic (exact) mass is 204 g/mol. The van der Waals surface area contributed by atoms with Crippen LogP contribution in [0.3, 0.4) is 0 Å². The Morgan fingerprint density at radius 2 is 1.64 bits per heavy atom. The van der Waals surface area contributed by atoms with Crippen molar-refractivity contribution in [1.29, 1.82) is 0 Å². The van der Waals surface area contributed by atoms with E-state index in [9.17, 15) is 4.80 Å². The predicted octanol–water partition coefficient (Wildman–Crippen LogP) is -3.65. The summed E-state index contributed by atoms with van der Waals surface area (Å²) in [6.07, 6.45) is -2.08. The van der Waals surface area contributed by atoms with Crippen molar-refractivity contribution in [2.75, 3.05) is 0 Å². The zero-order chi connectivity index (χ0) is 7.78. The quantitative estimate of drug-likeness (QED) is 0.405. The molecule has 0 atom stereocenters. The molecule has 0 aromatic heterocycles. The Morgan fingerprint density at radius 1 is 1.45 bits per heavy atom. The minimum Gasteiger partial charge on any atom is -0.797 e. The first-order valence-corrected chi connectivity index (χ1v) is 5.20. The van der Waals surface area contributed by atoms with Crippen LogP contribution in [0.5, 0.6) is 0 Å². The van der Waals surface area contributed by atoms with Gasteiger partial charge in [-0.15, -0.1) is 0 Å². The van der Waals surface area contributed by atoms with E-state index in [0.29, 0.717) is 0 Å². The van der Waals surface area contributed by atoms with Gasteiger partial charge in [0.05, 0.1) is 0 Å². The first-order chi connectivity index (χ1) is 4.52. The SMILES string of the molecule is O=C([O-])O.[Mg+2].[O-][Si]12[O][Al]([O]1)[O]2. The minimum absolute atomic E-state index is 0. The third-order valence-corrected chi connectivity index (χ3v) is 6.50. The van der Waals surface area contributed by atoms with Gasteiger partial charge in [-0.1, -0.05) is 0 Å². The number of carbonyl (C=O) groups is 1. The van der Waals surface area contributed by atoms with Crippen LogP contribution in [0.4, 0.5) is 4.79 Å². The fraction of sp³-hybridized carbons (Fsp3) is 0. The molecule has 56 valence electrons. The molecule has 3 saturated heterocycles. The summed E-state index contributed by atoms with van der Waals surface area (Å²) in [4.78, 5) is 18.6. The maximum atomic E-state index is 10.1. The molecular weight excluding hydrogens is 203 g/mol. The molecule has 3 rings (SSSR count). The maximum absolute atomic E-state index is 10.1. The number of hydrogen-bond donors (Lipinski definition) is 1. The molecule has 0 spiro atoms. The molecular formula is CHAlMgO7Si. The van der Waals surface area contributed by atoms with E-state index >= 15 is 0 Å². The largest absolute Gasteiger partial charge is 2.00 e. The van der Waals surface area contributed by atoms with Gasteiger partial charge in [0, 0.05) is 0 Å². The fourth-order valence-electron chi connectivity index (χ4n) is 0.380. The van der Waals surface area contributed by atoms with Gasteiger partial charge < -0.3 is 30.2 Å². The van der Waals surface area contributed by atoms with Gasteiger partial charge >= 0.3 is 47.3 Å². The van der Waals surface area contributed by atoms with E-state index < -0.39 is 30.4 Å². The van der Waals surface area contributed by atoms with Crippen LogP contribution in [0.25, 0.3) is 0 Å².